The Bertz CT molecular complexity index is 93.1. The van der Waals surface area contributed by atoms with Crippen LogP contribution in [0.2, 0.25) is 0 Å². The third kappa shape index (κ3) is 5.19. The molecule has 0 aliphatic rings. The fourth-order valence-corrected chi connectivity index (χ4v) is 0.301. The van der Waals surface area contributed by atoms with Gasteiger partial charge in [0.25, 0.3) is 0 Å². The van der Waals surface area contributed by atoms with Crippen LogP contribution in [0, 0.1) is 19.8 Å². The molecule has 0 aromatic carbocycles. The van der Waals surface area contributed by atoms with Crippen LogP contribution in [-0.2, 0) is 37.5 Å². The summed E-state index contributed by atoms with van der Waals surface area (Å²) in [6.07, 6.45) is 0. The van der Waals surface area contributed by atoms with Crippen LogP contribution in [-0.4, -0.2) is 11.8 Å². The van der Waals surface area contributed by atoms with Crippen LogP contribution >= 0.6 is 0 Å². The van der Waals surface area contributed by atoms with Crippen LogP contribution in [0.25, 0.3) is 0 Å². The standard InChI is InChI=1S/C6H11NO.Y/c1-4(5(2)7)6(3)8;/h4-5H,1-2,7H2,3H3;/q-2;. The minimum atomic E-state index is -0.368. The summed E-state index contributed by atoms with van der Waals surface area (Å²) in [5, 5.41) is 0. The third-order valence-corrected chi connectivity index (χ3v) is 1.04. The van der Waals surface area contributed by atoms with Crippen molar-refractivity contribution in [2.24, 2.45) is 11.7 Å². The normalized spacial score (nSPS) is 15.6. The smallest absolute Gasteiger partial charge is 0.102 e. The number of carbonyl (C=O) groups excluding carboxylic acids is 1. The van der Waals surface area contributed by atoms with Crippen LogP contribution in [0.3, 0.4) is 0 Å². The average molecular weight is 202 g/mol. The Morgan fingerprint density at radius 2 is 1.89 bits per heavy atom. The molecule has 0 heterocycles. The predicted molar refractivity (Wildman–Crippen MR) is 32.9 cm³/mol. The Labute approximate surface area is 81.4 Å². The summed E-state index contributed by atoms with van der Waals surface area (Å²) in [5.41, 5.74) is 5.24. The molecule has 2 nitrogen and oxygen atoms in total. The van der Waals surface area contributed by atoms with Crippen molar-refractivity contribution in [3.8, 4) is 0 Å². The van der Waals surface area contributed by atoms with Crippen LogP contribution in [0.5, 0.6) is 0 Å². The second-order valence-electron chi connectivity index (χ2n) is 1.88. The van der Waals surface area contributed by atoms with Crippen molar-refractivity contribution < 1.29 is 37.5 Å². The number of rotatable bonds is 2. The monoisotopic (exact) mass is 202 g/mol. The molecular formula is C6H11NOY-2. The first-order valence-corrected chi connectivity index (χ1v) is 2.48. The molecule has 0 spiro atoms. The Kier molecular flexibility index (Phi) is 7.60. The number of ketones is 1. The van der Waals surface area contributed by atoms with Crippen molar-refractivity contribution in [3.63, 3.8) is 0 Å². The van der Waals surface area contributed by atoms with Gasteiger partial charge in [-0.2, -0.15) is 0 Å². The second kappa shape index (κ2) is 5.51. The van der Waals surface area contributed by atoms with Crippen molar-refractivity contribution >= 4 is 5.78 Å². The van der Waals surface area contributed by atoms with Crippen molar-refractivity contribution in [3.05, 3.63) is 13.8 Å². The molecule has 0 aromatic rings. The number of carbonyl (C=O) groups is 1. The summed E-state index contributed by atoms with van der Waals surface area (Å²) in [4.78, 5) is 10.4. The van der Waals surface area contributed by atoms with E-state index in [1.807, 2.05) is 0 Å². The van der Waals surface area contributed by atoms with Crippen molar-refractivity contribution in [1.29, 1.82) is 0 Å². The number of hydrogen-bond acceptors (Lipinski definition) is 2. The Morgan fingerprint density at radius 3 is 1.89 bits per heavy atom. The zero-order valence-electron chi connectivity index (χ0n) is 5.63. The Morgan fingerprint density at radius 1 is 1.56 bits per heavy atom. The van der Waals surface area contributed by atoms with Gasteiger partial charge >= 0.3 is 0 Å². The maximum Gasteiger partial charge on any atom is 0.102 e. The van der Waals surface area contributed by atoms with E-state index in [-0.39, 0.29) is 50.5 Å². The van der Waals surface area contributed by atoms with Crippen LogP contribution in [0.1, 0.15) is 6.92 Å². The summed E-state index contributed by atoms with van der Waals surface area (Å²) in [6.45, 7) is 8.42. The number of hydrogen-bond donors (Lipinski definition) is 1. The molecular weight excluding hydrogens is 191 g/mol. The molecule has 0 rings (SSSR count). The summed E-state index contributed by atoms with van der Waals surface area (Å²) >= 11 is 0. The maximum atomic E-state index is 10.4. The molecule has 9 heavy (non-hydrogen) atoms. The first-order chi connectivity index (χ1) is 3.55. The zero-order valence-corrected chi connectivity index (χ0v) is 8.47. The van der Waals surface area contributed by atoms with Gasteiger partial charge in [-0.1, -0.05) is 0 Å². The van der Waals surface area contributed by atoms with Crippen molar-refractivity contribution in [2.75, 3.05) is 0 Å². The molecule has 51 valence electrons. The zero-order chi connectivity index (χ0) is 6.73. The third-order valence-electron chi connectivity index (χ3n) is 1.04. The Balaban J connectivity index is 0. The van der Waals surface area contributed by atoms with E-state index >= 15 is 0 Å². The van der Waals surface area contributed by atoms with Gasteiger partial charge in [-0.25, -0.2) is 0 Å². The molecule has 0 bridgehead atoms. The summed E-state index contributed by atoms with van der Waals surface area (Å²) in [7, 11) is 0. The molecule has 0 amide bonds. The Hall–Kier alpha value is 0.734. The van der Waals surface area contributed by atoms with E-state index in [2.05, 4.69) is 13.8 Å². The predicted octanol–water partition coefficient (Wildman–Crippen LogP) is 0.185. The van der Waals surface area contributed by atoms with Gasteiger partial charge in [0, 0.05) is 32.7 Å². The molecule has 0 fully saturated rings. The number of nitrogens with two attached hydrogens (primary N) is 1. The van der Waals surface area contributed by atoms with Crippen molar-refractivity contribution in [1.82, 2.24) is 0 Å². The van der Waals surface area contributed by atoms with Gasteiger partial charge in [0.05, 0.1) is 0 Å². The van der Waals surface area contributed by atoms with E-state index < -0.39 is 0 Å². The molecule has 0 saturated carbocycles. The topological polar surface area (TPSA) is 43.1 Å². The molecule has 2 atom stereocenters. The fourth-order valence-electron chi connectivity index (χ4n) is 0.301. The molecule has 0 aliphatic carbocycles. The van der Waals surface area contributed by atoms with E-state index in [1.54, 1.807) is 0 Å². The average Bonchev–Trinajstić information content (AvgIpc) is 1.64. The van der Waals surface area contributed by atoms with E-state index in [1.165, 1.54) is 6.92 Å². The second-order valence-corrected chi connectivity index (χ2v) is 1.88. The summed E-state index contributed by atoms with van der Waals surface area (Å²) < 4.78 is 0. The quantitative estimate of drug-likeness (QED) is 0.649. The molecule has 0 aliphatic heterocycles. The maximum absolute atomic E-state index is 10.4. The van der Waals surface area contributed by atoms with Gasteiger partial charge < -0.3 is 24.4 Å². The van der Waals surface area contributed by atoms with E-state index in [0.29, 0.717) is 0 Å². The molecule has 0 aromatic heterocycles. The largest absolute Gasteiger partial charge is 0.359 e. The summed E-state index contributed by atoms with van der Waals surface area (Å²) in [5.74, 6) is -0.359. The molecule has 2 N–H and O–H groups in total. The first-order valence-electron chi connectivity index (χ1n) is 2.48. The molecule has 0 saturated heterocycles. The van der Waals surface area contributed by atoms with Gasteiger partial charge in [0.1, 0.15) is 5.78 Å². The minimum absolute atomic E-state index is 0. The van der Waals surface area contributed by atoms with Crippen LogP contribution in [0.4, 0.5) is 0 Å². The SMILES string of the molecule is [CH2-]C(N)C([CH2-])C(C)=O.[Y]. The van der Waals surface area contributed by atoms with Gasteiger partial charge in [-0.15, -0.1) is 12.0 Å². The molecule has 1 radical (unpaired) electrons. The van der Waals surface area contributed by atoms with E-state index in [0.717, 1.165) is 0 Å². The van der Waals surface area contributed by atoms with Gasteiger partial charge in [0.2, 0.25) is 0 Å². The summed E-state index contributed by atoms with van der Waals surface area (Å²) in [6, 6.07) is -0.368. The van der Waals surface area contributed by atoms with Crippen molar-refractivity contribution in [2.45, 2.75) is 13.0 Å². The van der Waals surface area contributed by atoms with Crippen LogP contribution in [0.15, 0.2) is 0 Å². The van der Waals surface area contributed by atoms with Crippen LogP contribution < -0.4 is 5.73 Å². The first kappa shape index (κ1) is 12.4. The molecule has 2 unspecified atom stereocenters. The van der Waals surface area contributed by atoms with E-state index in [4.69, 9.17) is 5.73 Å². The number of Topliss-reactive ketones (excluding diaryl/α,β-unsaturated/α-hetero) is 1. The fraction of sp³-hybridized carbons (Fsp3) is 0.500. The minimum Gasteiger partial charge on any atom is -0.359 e. The van der Waals surface area contributed by atoms with Gasteiger partial charge in [-0.05, 0) is 6.92 Å². The molecule has 3 heteroatoms. The van der Waals surface area contributed by atoms with Gasteiger partial charge in [-0.3, -0.25) is 0 Å². The van der Waals surface area contributed by atoms with Gasteiger partial charge in [0.15, 0.2) is 0 Å². The van der Waals surface area contributed by atoms with E-state index in [9.17, 15) is 4.79 Å².